The van der Waals surface area contributed by atoms with Crippen LogP contribution >= 0.6 is 0 Å². The van der Waals surface area contributed by atoms with Gasteiger partial charge in [0.05, 0.1) is 0 Å². The molecular weight excluding hydrogens is 252 g/mol. The van der Waals surface area contributed by atoms with Crippen molar-refractivity contribution in [3.05, 3.63) is 30.3 Å². The first-order chi connectivity index (χ1) is 8.50. The van der Waals surface area contributed by atoms with Gasteiger partial charge in [0, 0.05) is 25.6 Å². The number of carbonyl (C=O) groups excluding carboxylic acids is 2. The van der Waals surface area contributed by atoms with Crippen molar-refractivity contribution in [1.82, 2.24) is 0 Å². The first kappa shape index (κ1) is 14.4. The van der Waals surface area contributed by atoms with Crippen molar-refractivity contribution < 1.29 is 22.9 Å². The zero-order valence-corrected chi connectivity index (χ0v) is 11.6. The fourth-order valence-corrected chi connectivity index (χ4v) is 3.79. The Morgan fingerprint density at radius 1 is 1.06 bits per heavy atom. The van der Waals surface area contributed by atoms with Gasteiger partial charge in [0.25, 0.3) is 11.9 Å². The third-order valence-corrected chi connectivity index (χ3v) is 4.84. The minimum Gasteiger partial charge on any atom is -0.461 e. The maximum absolute atomic E-state index is 11.2. The Hall–Kier alpha value is -1.66. The number of rotatable bonds is 5. The first-order valence-electron chi connectivity index (χ1n) is 5.59. The van der Waals surface area contributed by atoms with Crippen LogP contribution in [0.3, 0.4) is 0 Å². The first-order valence-corrected chi connectivity index (χ1v) is 7.31. The van der Waals surface area contributed by atoms with Gasteiger partial charge in [-0.05, 0) is 6.92 Å². The molecule has 0 heterocycles. The summed E-state index contributed by atoms with van der Waals surface area (Å²) in [5, 5.41) is 0.581. The minimum atomic E-state index is -3.50. The molecule has 0 aromatic heterocycles. The number of hydrogen-bond donors (Lipinski definition) is 0. The largest absolute Gasteiger partial charge is 0.673 e. The molecule has 0 aliphatic carbocycles. The third kappa shape index (κ3) is 3.68. The summed E-state index contributed by atoms with van der Waals surface area (Å²) in [5.41, 5.74) is 0. The van der Waals surface area contributed by atoms with Crippen molar-refractivity contribution in [3.8, 4) is 0 Å². The predicted octanol–water partition coefficient (Wildman–Crippen LogP) is 0.995. The third-order valence-electron chi connectivity index (χ3n) is 2.02. The molecule has 0 aliphatic rings. The number of hydrogen-bond acceptors (Lipinski definition) is 5. The van der Waals surface area contributed by atoms with Crippen LogP contribution in [0.2, 0.25) is 0 Å². The normalized spacial score (nSPS) is 10.8. The summed E-state index contributed by atoms with van der Waals surface area (Å²) in [6.45, 7) is 4.54. The molecule has 1 rings (SSSR count). The van der Waals surface area contributed by atoms with Gasteiger partial charge in [-0.1, -0.05) is 30.3 Å². The van der Waals surface area contributed by atoms with E-state index in [-0.39, 0.29) is 6.61 Å². The molecule has 0 aliphatic heterocycles. The van der Waals surface area contributed by atoms with Crippen LogP contribution in [0.5, 0.6) is 0 Å². The monoisotopic (exact) mass is 268 g/mol. The summed E-state index contributed by atoms with van der Waals surface area (Å²) in [7, 11) is -3.50. The molecule has 6 heteroatoms. The van der Waals surface area contributed by atoms with E-state index in [4.69, 9.17) is 13.3 Å². The van der Waals surface area contributed by atoms with Gasteiger partial charge in [-0.15, -0.1) is 0 Å². The minimum absolute atomic E-state index is 0.279. The van der Waals surface area contributed by atoms with Crippen molar-refractivity contribution in [2.45, 2.75) is 20.8 Å². The van der Waals surface area contributed by atoms with Crippen LogP contribution in [0.1, 0.15) is 20.8 Å². The molecule has 0 saturated carbocycles. The van der Waals surface area contributed by atoms with Crippen LogP contribution in [0.15, 0.2) is 30.3 Å². The molecule has 0 saturated heterocycles. The Morgan fingerprint density at radius 3 is 1.94 bits per heavy atom. The molecule has 0 spiro atoms. The Balaban J connectivity index is 3.18. The highest BCUT2D eigenvalue weighted by atomic mass is 28.4. The SMILES string of the molecule is CCO[Si](OC(C)=O)(OC(C)=O)c1ccccc1. The summed E-state index contributed by atoms with van der Waals surface area (Å²) in [6, 6.07) is 8.78. The lowest BCUT2D eigenvalue weighted by Crippen LogP contribution is -2.58. The Bertz CT molecular complexity index is 402. The van der Waals surface area contributed by atoms with Gasteiger partial charge in [-0.3, -0.25) is 9.59 Å². The molecular formula is C12H16O5Si. The van der Waals surface area contributed by atoms with Gasteiger partial charge in [-0.2, -0.15) is 0 Å². The summed E-state index contributed by atoms with van der Waals surface area (Å²) >= 11 is 0. The molecule has 0 atom stereocenters. The van der Waals surface area contributed by atoms with Gasteiger partial charge in [0.1, 0.15) is 0 Å². The highest BCUT2D eigenvalue weighted by Gasteiger charge is 2.50. The van der Waals surface area contributed by atoms with Crippen LogP contribution < -0.4 is 5.19 Å². The van der Waals surface area contributed by atoms with Crippen molar-refractivity contribution in [3.63, 3.8) is 0 Å². The molecule has 98 valence electrons. The Morgan fingerprint density at radius 2 is 1.56 bits per heavy atom. The molecule has 0 bridgehead atoms. The molecule has 0 unspecified atom stereocenters. The molecule has 1 aromatic rings. The van der Waals surface area contributed by atoms with Gasteiger partial charge in [-0.25, -0.2) is 0 Å². The van der Waals surface area contributed by atoms with Crippen molar-refractivity contribution in [2.24, 2.45) is 0 Å². The van der Waals surface area contributed by atoms with E-state index in [0.29, 0.717) is 5.19 Å². The fraction of sp³-hybridized carbons (Fsp3) is 0.333. The van der Waals surface area contributed by atoms with E-state index in [1.165, 1.54) is 13.8 Å². The van der Waals surface area contributed by atoms with Gasteiger partial charge in [0.2, 0.25) is 0 Å². The average molecular weight is 268 g/mol. The lowest BCUT2D eigenvalue weighted by atomic mass is 10.4. The molecule has 0 fully saturated rings. The maximum Gasteiger partial charge on any atom is 0.673 e. The number of benzene rings is 1. The van der Waals surface area contributed by atoms with E-state index in [2.05, 4.69) is 0 Å². The topological polar surface area (TPSA) is 61.8 Å². The maximum atomic E-state index is 11.2. The smallest absolute Gasteiger partial charge is 0.461 e. The van der Waals surface area contributed by atoms with E-state index in [1.54, 1.807) is 31.2 Å². The van der Waals surface area contributed by atoms with Crippen molar-refractivity contribution in [1.29, 1.82) is 0 Å². The lowest BCUT2D eigenvalue weighted by molar-refractivity contribution is -0.142. The van der Waals surface area contributed by atoms with Gasteiger partial charge < -0.3 is 13.3 Å². The highest BCUT2D eigenvalue weighted by molar-refractivity contribution is 6.77. The standard InChI is InChI=1S/C12H16O5Si/c1-4-15-18(16-10(2)13,17-11(3)14)12-8-6-5-7-9-12/h5-9H,4H2,1-3H3. The average Bonchev–Trinajstić information content (AvgIpc) is 2.28. The lowest BCUT2D eigenvalue weighted by Gasteiger charge is -2.26. The zero-order chi connectivity index (χ0) is 13.6. The zero-order valence-electron chi connectivity index (χ0n) is 10.6. The molecule has 0 radical (unpaired) electrons. The summed E-state index contributed by atoms with van der Waals surface area (Å²) in [6.07, 6.45) is 0. The van der Waals surface area contributed by atoms with Crippen LogP contribution in [-0.2, 0) is 22.9 Å². The summed E-state index contributed by atoms with van der Waals surface area (Å²) in [5.74, 6) is -1.08. The second kappa shape index (κ2) is 6.32. The molecule has 0 amide bonds. The second-order valence-corrected chi connectivity index (χ2v) is 5.93. The van der Waals surface area contributed by atoms with Crippen molar-refractivity contribution >= 4 is 25.9 Å². The molecule has 5 nitrogen and oxygen atoms in total. The highest BCUT2D eigenvalue weighted by Crippen LogP contribution is 2.11. The predicted molar refractivity (Wildman–Crippen MR) is 67.0 cm³/mol. The Labute approximate surface area is 107 Å². The second-order valence-electron chi connectivity index (χ2n) is 3.54. The van der Waals surface area contributed by atoms with E-state index >= 15 is 0 Å². The molecule has 0 N–H and O–H groups in total. The van der Waals surface area contributed by atoms with E-state index in [1.807, 2.05) is 6.07 Å². The summed E-state index contributed by atoms with van der Waals surface area (Å²) in [4.78, 5) is 22.5. The van der Waals surface area contributed by atoms with Crippen LogP contribution in [0.25, 0.3) is 0 Å². The van der Waals surface area contributed by atoms with Crippen molar-refractivity contribution in [2.75, 3.05) is 6.61 Å². The van der Waals surface area contributed by atoms with E-state index < -0.39 is 20.7 Å². The molecule has 1 aromatic carbocycles. The van der Waals surface area contributed by atoms with Crippen LogP contribution in [0, 0.1) is 0 Å². The summed E-state index contributed by atoms with van der Waals surface area (Å²) < 4.78 is 15.9. The van der Waals surface area contributed by atoms with Crippen LogP contribution in [0.4, 0.5) is 0 Å². The fourth-order valence-electron chi connectivity index (χ4n) is 1.49. The quantitative estimate of drug-likeness (QED) is 0.745. The Kier molecular flexibility index (Phi) is 5.05. The molecule has 18 heavy (non-hydrogen) atoms. The van der Waals surface area contributed by atoms with Crippen LogP contribution in [-0.4, -0.2) is 27.3 Å². The van der Waals surface area contributed by atoms with Gasteiger partial charge >= 0.3 is 8.80 Å². The van der Waals surface area contributed by atoms with E-state index in [9.17, 15) is 9.59 Å². The number of carbonyl (C=O) groups is 2. The van der Waals surface area contributed by atoms with E-state index in [0.717, 1.165) is 0 Å². The van der Waals surface area contributed by atoms with Gasteiger partial charge in [0.15, 0.2) is 0 Å².